The van der Waals surface area contributed by atoms with Gasteiger partial charge in [0.1, 0.15) is 5.82 Å². The van der Waals surface area contributed by atoms with Gasteiger partial charge in [-0.3, -0.25) is 9.69 Å². The van der Waals surface area contributed by atoms with Crippen LogP contribution in [-0.2, 0) is 11.3 Å². The molecule has 30 heavy (non-hydrogen) atoms. The Balaban J connectivity index is 1.29. The highest BCUT2D eigenvalue weighted by atomic mass is 35.5. The molecule has 2 heterocycles. The Labute approximate surface area is 183 Å². The molecule has 1 amide bonds. The fourth-order valence-corrected chi connectivity index (χ4v) is 3.70. The van der Waals surface area contributed by atoms with Gasteiger partial charge in [0, 0.05) is 17.2 Å². The minimum atomic E-state index is -0.312. The summed E-state index contributed by atoms with van der Waals surface area (Å²) in [6.45, 7) is 2.00. The van der Waals surface area contributed by atoms with E-state index in [-0.39, 0.29) is 17.6 Å². The molecule has 1 aromatic heterocycles. The number of likely N-dealkylation sites (tertiary alicyclic amines) is 1. The zero-order chi connectivity index (χ0) is 21.1. The number of hydrogen-bond donors (Lipinski definition) is 1. The van der Waals surface area contributed by atoms with Crippen LogP contribution in [-0.4, -0.2) is 34.0 Å². The van der Waals surface area contributed by atoms with Crippen molar-refractivity contribution in [3.05, 3.63) is 64.2 Å². The van der Waals surface area contributed by atoms with E-state index in [2.05, 4.69) is 20.4 Å². The molecule has 0 spiro atoms. The summed E-state index contributed by atoms with van der Waals surface area (Å²) in [4.78, 5) is 19.1. The summed E-state index contributed by atoms with van der Waals surface area (Å²) in [5.41, 5.74) is 1.33. The van der Waals surface area contributed by atoms with Crippen LogP contribution in [0.1, 0.15) is 18.7 Å². The van der Waals surface area contributed by atoms with Crippen LogP contribution in [0.2, 0.25) is 10.0 Å². The predicted molar refractivity (Wildman–Crippen MR) is 113 cm³/mol. The number of halogens is 3. The summed E-state index contributed by atoms with van der Waals surface area (Å²) in [6.07, 6.45) is 1.46. The van der Waals surface area contributed by atoms with Crippen LogP contribution >= 0.6 is 23.2 Å². The van der Waals surface area contributed by atoms with Crippen molar-refractivity contribution in [1.29, 1.82) is 0 Å². The fraction of sp³-hybridized carbons (Fsp3) is 0.286. The van der Waals surface area contributed by atoms with Crippen LogP contribution in [0.15, 0.2) is 47.0 Å². The molecule has 0 saturated carbocycles. The van der Waals surface area contributed by atoms with Crippen LogP contribution in [0, 0.1) is 11.7 Å². The van der Waals surface area contributed by atoms with Crippen LogP contribution < -0.4 is 5.32 Å². The largest absolute Gasteiger partial charge is 0.338 e. The summed E-state index contributed by atoms with van der Waals surface area (Å²) in [7, 11) is 0. The van der Waals surface area contributed by atoms with Crippen molar-refractivity contribution in [2.24, 2.45) is 5.92 Å². The Kier molecular flexibility index (Phi) is 6.32. The van der Waals surface area contributed by atoms with Crippen LogP contribution in [0.4, 0.5) is 10.1 Å². The van der Waals surface area contributed by atoms with E-state index in [0.717, 1.165) is 25.9 Å². The molecule has 156 valence electrons. The molecule has 0 bridgehead atoms. The van der Waals surface area contributed by atoms with E-state index in [9.17, 15) is 9.18 Å². The van der Waals surface area contributed by atoms with E-state index in [1.807, 2.05) is 0 Å². The van der Waals surface area contributed by atoms with E-state index in [1.54, 1.807) is 30.3 Å². The van der Waals surface area contributed by atoms with Gasteiger partial charge in [0.2, 0.25) is 17.6 Å². The zero-order valence-electron chi connectivity index (χ0n) is 15.9. The first-order valence-electron chi connectivity index (χ1n) is 9.55. The lowest BCUT2D eigenvalue weighted by atomic mass is 9.96. The first-order valence-corrected chi connectivity index (χ1v) is 10.3. The van der Waals surface area contributed by atoms with Crippen molar-refractivity contribution in [3.8, 4) is 11.4 Å². The van der Waals surface area contributed by atoms with Crippen molar-refractivity contribution in [2.75, 3.05) is 18.4 Å². The van der Waals surface area contributed by atoms with Crippen molar-refractivity contribution < 1.29 is 13.7 Å². The summed E-state index contributed by atoms with van der Waals surface area (Å²) < 4.78 is 18.4. The van der Waals surface area contributed by atoms with Gasteiger partial charge in [0.25, 0.3) is 0 Å². The van der Waals surface area contributed by atoms with E-state index in [4.69, 9.17) is 27.7 Å². The minimum Gasteiger partial charge on any atom is -0.338 e. The molecule has 1 saturated heterocycles. The van der Waals surface area contributed by atoms with Gasteiger partial charge in [-0.05, 0) is 68.4 Å². The number of carbonyl (C=O) groups is 1. The molecule has 0 unspecified atom stereocenters. The Morgan fingerprint density at radius 1 is 1.13 bits per heavy atom. The number of piperidine rings is 1. The van der Waals surface area contributed by atoms with Gasteiger partial charge in [-0.2, -0.15) is 4.98 Å². The van der Waals surface area contributed by atoms with Crippen LogP contribution in [0.5, 0.6) is 0 Å². The second-order valence-corrected chi connectivity index (χ2v) is 8.00. The van der Waals surface area contributed by atoms with Gasteiger partial charge in [0.15, 0.2) is 0 Å². The number of carbonyl (C=O) groups excluding carboxylic acids is 1. The number of nitrogens with zero attached hydrogens (tertiary/aromatic N) is 3. The Hall–Kier alpha value is -2.48. The van der Waals surface area contributed by atoms with Gasteiger partial charge in [-0.1, -0.05) is 28.4 Å². The summed E-state index contributed by atoms with van der Waals surface area (Å²) in [5, 5.41) is 7.72. The third-order valence-corrected chi connectivity index (χ3v) is 5.81. The quantitative estimate of drug-likeness (QED) is 0.592. The molecule has 1 aliphatic heterocycles. The molecule has 4 rings (SSSR count). The molecule has 0 aliphatic carbocycles. The number of nitrogens with one attached hydrogen (secondary N) is 1. The highest BCUT2D eigenvalue weighted by molar-refractivity contribution is 6.42. The molecule has 2 aromatic carbocycles. The van der Waals surface area contributed by atoms with Gasteiger partial charge in [0.05, 0.1) is 16.6 Å². The number of anilines is 1. The van der Waals surface area contributed by atoms with Gasteiger partial charge < -0.3 is 9.84 Å². The van der Waals surface area contributed by atoms with Gasteiger partial charge in [-0.25, -0.2) is 4.39 Å². The minimum absolute atomic E-state index is 0.0237. The molecule has 3 aromatic rings. The van der Waals surface area contributed by atoms with E-state index in [1.165, 1.54) is 12.1 Å². The zero-order valence-corrected chi connectivity index (χ0v) is 17.5. The third kappa shape index (κ3) is 4.98. The first-order chi connectivity index (χ1) is 14.5. The van der Waals surface area contributed by atoms with Crippen LogP contribution in [0.25, 0.3) is 11.4 Å². The Bertz CT molecular complexity index is 1030. The van der Waals surface area contributed by atoms with Gasteiger partial charge >= 0.3 is 0 Å². The third-order valence-electron chi connectivity index (χ3n) is 5.07. The Morgan fingerprint density at radius 2 is 1.87 bits per heavy atom. The molecule has 6 nitrogen and oxygen atoms in total. The van der Waals surface area contributed by atoms with Crippen molar-refractivity contribution in [2.45, 2.75) is 19.4 Å². The SMILES string of the molecule is O=C(Nc1ccc(Cl)c(Cl)c1)C1CCN(Cc2nc(-c3ccc(F)cc3)no2)CC1. The molecule has 9 heteroatoms. The van der Waals surface area contributed by atoms with E-state index >= 15 is 0 Å². The summed E-state index contributed by atoms with van der Waals surface area (Å²) in [5.74, 6) is 0.514. The number of benzene rings is 2. The highest BCUT2D eigenvalue weighted by Gasteiger charge is 2.26. The van der Waals surface area contributed by atoms with Crippen molar-refractivity contribution in [1.82, 2.24) is 15.0 Å². The summed E-state index contributed by atoms with van der Waals surface area (Å²) >= 11 is 11.9. The molecular formula is C21H19Cl2FN4O2. The molecule has 1 N–H and O–H groups in total. The van der Waals surface area contributed by atoms with Crippen molar-refractivity contribution in [3.63, 3.8) is 0 Å². The maximum Gasteiger partial charge on any atom is 0.241 e. The molecule has 1 aliphatic rings. The molecule has 0 radical (unpaired) electrons. The lowest BCUT2D eigenvalue weighted by Crippen LogP contribution is -2.37. The number of rotatable bonds is 5. The average Bonchev–Trinajstić information content (AvgIpc) is 3.20. The predicted octanol–water partition coefficient (Wildman–Crippen LogP) is 5.03. The van der Waals surface area contributed by atoms with Crippen LogP contribution in [0.3, 0.4) is 0 Å². The first kappa shape index (κ1) is 20.8. The smallest absolute Gasteiger partial charge is 0.241 e. The fourth-order valence-electron chi connectivity index (χ4n) is 3.40. The number of amides is 1. The average molecular weight is 449 g/mol. The lowest BCUT2D eigenvalue weighted by Gasteiger charge is -2.30. The standard InChI is InChI=1S/C21H19Cl2FN4O2/c22-17-6-5-16(11-18(17)23)25-21(29)14-7-9-28(10-8-14)12-19-26-20(27-30-19)13-1-3-15(24)4-2-13/h1-6,11,14H,7-10,12H2,(H,25,29). The molecular weight excluding hydrogens is 430 g/mol. The highest BCUT2D eigenvalue weighted by Crippen LogP contribution is 2.26. The van der Waals surface area contributed by atoms with Gasteiger partial charge in [-0.15, -0.1) is 0 Å². The normalized spacial score (nSPS) is 15.3. The van der Waals surface area contributed by atoms with E-state index in [0.29, 0.717) is 39.6 Å². The Morgan fingerprint density at radius 3 is 2.57 bits per heavy atom. The number of hydrogen-bond acceptors (Lipinski definition) is 5. The van der Waals surface area contributed by atoms with Crippen molar-refractivity contribution >= 4 is 34.8 Å². The maximum absolute atomic E-state index is 13.1. The summed E-state index contributed by atoms with van der Waals surface area (Å²) in [6, 6.07) is 11.0. The second-order valence-electron chi connectivity index (χ2n) is 7.19. The monoisotopic (exact) mass is 448 g/mol. The number of aromatic nitrogens is 2. The topological polar surface area (TPSA) is 71.3 Å². The maximum atomic E-state index is 13.1. The lowest BCUT2D eigenvalue weighted by molar-refractivity contribution is -0.121. The molecule has 1 fully saturated rings. The van der Waals surface area contributed by atoms with E-state index < -0.39 is 0 Å². The second kappa shape index (κ2) is 9.12. The molecule has 0 atom stereocenters.